The number of anilines is 2. The number of alkyl halides is 2. The molecular formula is C16H11F2N3O7. The van der Waals surface area contributed by atoms with Crippen LogP contribution < -0.4 is 20.5 Å². The number of fused-ring (bicyclic) bond motifs is 1. The number of carbonyl (C=O) groups excluding carboxylic acids is 2. The summed E-state index contributed by atoms with van der Waals surface area (Å²) >= 11 is 0. The molecule has 0 saturated carbocycles. The van der Waals surface area contributed by atoms with Crippen molar-refractivity contribution >= 4 is 28.9 Å². The fourth-order valence-electron chi connectivity index (χ4n) is 2.28. The Morgan fingerprint density at radius 3 is 2.57 bits per heavy atom. The number of hydrogen-bond acceptors (Lipinski definition) is 8. The molecule has 10 nitrogen and oxygen atoms in total. The van der Waals surface area contributed by atoms with Crippen LogP contribution in [0.25, 0.3) is 0 Å². The number of hydrogen-bond donors (Lipinski definition) is 2. The number of amides is 1. The van der Waals surface area contributed by atoms with Gasteiger partial charge in [0.2, 0.25) is 0 Å². The Hall–Kier alpha value is -3.96. The third kappa shape index (κ3) is 4.06. The predicted octanol–water partition coefficient (Wildman–Crippen LogP) is 2.29. The molecule has 3 N–H and O–H groups in total. The number of ether oxygens (including phenoxy) is 3. The van der Waals surface area contributed by atoms with Gasteiger partial charge >= 0.3 is 12.3 Å². The second-order valence-corrected chi connectivity index (χ2v) is 5.48. The van der Waals surface area contributed by atoms with E-state index in [2.05, 4.69) is 14.8 Å². The summed E-state index contributed by atoms with van der Waals surface area (Å²) in [4.78, 5) is 33.8. The Balaban J connectivity index is 1.58. The summed E-state index contributed by atoms with van der Waals surface area (Å²) in [5.74, 6) is -2.19. The zero-order valence-corrected chi connectivity index (χ0v) is 13.8. The lowest BCUT2D eigenvalue weighted by Gasteiger charge is -2.08. The van der Waals surface area contributed by atoms with E-state index < -0.39 is 29.7 Å². The quantitative estimate of drug-likeness (QED) is 0.340. The second-order valence-electron chi connectivity index (χ2n) is 5.48. The first-order valence-electron chi connectivity index (χ1n) is 7.55. The zero-order valence-electron chi connectivity index (χ0n) is 13.8. The Morgan fingerprint density at radius 2 is 1.89 bits per heavy atom. The normalized spacial score (nSPS) is 13.6. The standard InChI is InChI=1S/C16H11F2N3O7/c17-16(18)27-12-4-1-8(5-13(12)28-16)20-14(22)7-26-15(23)10-3-2-9(21(24)25)6-11(10)19/h1-6H,7,19H2,(H,20,22). The van der Waals surface area contributed by atoms with Crippen LogP contribution in [-0.4, -0.2) is 29.7 Å². The molecule has 2 aromatic carbocycles. The first-order valence-corrected chi connectivity index (χ1v) is 7.55. The van der Waals surface area contributed by atoms with Crippen molar-refractivity contribution < 1.29 is 37.5 Å². The van der Waals surface area contributed by atoms with Crippen molar-refractivity contribution in [2.45, 2.75) is 6.29 Å². The lowest BCUT2D eigenvalue weighted by atomic mass is 10.1. The molecular weight excluding hydrogens is 384 g/mol. The third-order valence-corrected chi connectivity index (χ3v) is 3.49. The maximum atomic E-state index is 13.0. The van der Waals surface area contributed by atoms with Crippen molar-refractivity contribution in [2.24, 2.45) is 0 Å². The highest BCUT2D eigenvalue weighted by atomic mass is 19.3. The minimum absolute atomic E-state index is 0.107. The predicted molar refractivity (Wildman–Crippen MR) is 89.1 cm³/mol. The van der Waals surface area contributed by atoms with Crippen LogP contribution in [0.3, 0.4) is 0 Å². The molecule has 1 amide bonds. The number of nitrogen functional groups attached to an aromatic ring is 1. The van der Waals surface area contributed by atoms with E-state index in [4.69, 9.17) is 10.5 Å². The highest BCUT2D eigenvalue weighted by molar-refractivity contribution is 5.98. The van der Waals surface area contributed by atoms with E-state index in [1.54, 1.807) is 0 Å². The van der Waals surface area contributed by atoms with Gasteiger partial charge in [-0.2, -0.15) is 0 Å². The van der Waals surface area contributed by atoms with Gasteiger partial charge in [-0.15, -0.1) is 8.78 Å². The molecule has 0 fully saturated rings. The van der Waals surface area contributed by atoms with Gasteiger partial charge in [-0.25, -0.2) is 4.79 Å². The minimum atomic E-state index is -3.79. The SMILES string of the molecule is Nc1cc([N+](=O)[O-])ccc1C(=O)OCC(=O)Nc1ccc2c(c1)OC(F)(F)O2. The number of nitro benzene ring substituents is 1. The molecule has 0 aromatic heterocycles. The van der Waals surface area contributed by atoms with Crippen molar-refractivity contribution in [3.63, 3.8) is 0 Å². The molecule has 0 atom stereocenters. The van der Waals surface area contributed by atoms with E-state index in [1.807, 2.05) is 0 Å². The van der Waals surface area contributed by atoms with Crippen molar-refractivity contribution in [1.29, 1.82) is 0 Å². The second kappa shape index (κ2) is 6.98. The van der Waals surface area contributed by atoms with Gasteiger partial charge in [-0.3, -0.25) is 14.9 Å². The summed E-state index contributed by atoms with van der Waals surface area (Å²) in [7, 11) is 0. The van der Waals surface area contributed by atoms with E-state index in [0.29, 0.717) is 0 Å². The van der Waals surface area contributed by atoms with Crippen molar-refractivity contribution in [1.82, 2.24) is 0 Å². The molecule has 3 rings (SSSR count). The number of non-ortho nitro benzene ring substituents is 1. The van der Waals surface area contributed by atoms with Gasteiger partial charge in [0.15, 0.2) is 18.1 Å². The minimum Gasteiger partial charge on any atom is -0.452 e. The molecule has 0 spiro atoms. The molecule has 2 aromatic rings. The van der Waals surface area contributed by atoms with Gasteiger partial charge in [0.1, 0.15) is 0 Å². The first kappa shape index (κ1) is 18.8. The number of nitrogens with one attached hydrogen (secondary N) is 1. The monoisotopic (exact) mass is 395 g/mol. The van der Waals surface area contributed by atoms with Gasteiger partial charge < -0.3 is 25.3 Å². The maximum Gasteiger partial charge on any atom is 0.586 e. The highest BCUT2D eigenvalue weighted by Crippen LogP contribution is 2.42. The molecule has 1 aliphatic heterocycles. The fourth-order valence-corrected chi connectivity index (χ4v) is 2.28. The van der Waals surface area contributed by atoms with Crippen LogP contribution in [-0.2, 0) is 9.53 Å². The zero-order chi connectivity index (χ0) is 20.5. The van der Waals surface area contributed by atoms with Gasteiger partial charge in [-0.05, 0) is 18.2 Å². The Kier molecular flexibility index (Phi) is 4.69. The summed E-state index contributed by atoms with van der Waals surface area (Å²) in [5.41, 5.74) is 5.04. The lowest BCUT2D eigenvalue weighted by molar-refractivity contribution is -0.384. The maximum absolute atomic E-state index is 13.0. The third-order valence-electron chi connectivity index (χ3n) is 3.49. The lowest BCUT2D eigenvalue weighted by Crippen LogP contribution is -2.25. The van der Waals surface area contributed by atoms with Gasteiger partial charge in [0.25, 0.3) is 11.6 Å². The van der Waals surface area contributed by atoms with Gasteiger partial charge in [0, 0.05) is 23.9 Å². The van der Waals surface area contributed by atoms with Gasteiger partial charge in [0.05, 0.1) is 16.2 Å². The smallest absolute Gasteiger partial charge is 0.452 e. The molecule has 0 bridgehead atoms. The Bertz CT molecular complexity index is 981. The van der Waals surface area contributed by atoms with Crippen LogP contribution in [0.4, 0.5) is 25.8 Å². The Labute approximate surface area is 154 Å². The average Bonchev–Trinajstić information content (AvgIpc) is 2.92. The van der Waals surface area contributed by atoms with E-state index in [-0.39, 0.29) is 34.1 Å². The largest absolute Gasteiger partial charge is 0.586 e. The number of benzene rings is 2. The number of halogens is 2. The number of rotatable bonds is 5. The Morgan fingerprint density at radius 1 is 1.18 bits per heavy atom. The molecule has 0 radical (unpaired) electrons. The summed E-state index contributed by atoms with van der Waals surface area (Å²) in [5, 5.41) is 13.0. The van der Waals surface area contributed by atoms with Crippen LogP contribution in [0, 0.1) is 10.1 Å². The molecule has 146 valence electrons. The summed E-state index contributed by atoms with van der Waals surface area (Å²) in [6, 6.07) is 6.73. The van der Waals surface area contributed by atoms with Crippen molar-refractivity contribution in [3.05, 3.63) is 52.1 Å². The highest BCUT2D eigenvalue weighted by Gasteiger charge is 2.43. The van der Waals surface area contributed by atoms with E-state index in [0.717, 1.165) is 24.3 Å². The van der Waals surface area contributed by atoms with Crippen LogP contribution in [0.15, 0.2) is 36.4 Å². The van der Waals surface area contributed by atoms with Crippen LogP contribution >= 0.6 is 0 Å². The van der Waals surface area contributed by atoms with E-state index in [9.17, 15) is 28.5 Å². The summed E-state index contributed by atoms with van der Waals surface area (Å²) < 4.78 is 39.2. The number of nitrogens with two attached hydrogens (primary N) is 1. The number of carbonyl (C=O) groups is 2. The van der Waals surface area contributed by atoms with E-state index >= 15 is 0 Å². The van der Waals surface area contributed by atoms with Crippen LogP contribution in [0.1, 0.15) is 10.4 Å². The number of esters is 1. The summed E-state index contributed by atoms with van der Waals surface area (Å²) in [6.45, 7) is -0.708. The van der Waals surface area contributed by atoms with Crippen molar-refractivity contribution in [3.8, 4) is 11.5 Å². The van der Waals surface area contributed by atoms with Crippen LogP contribution in [0.5, 0.6) is 11.5 Å². The molecule has 28 heavy (non-hydrogen) atoms. The summed E-state index contributed by atoms with van der Waals surface area (Å²) in [6.07, 6.45) is -3.79. The molecule has 0 aliphatic carbocycles. The first-order chi connectivity index (χ1) is 13.1. The number of nitrogens with zero attached hydrogens (tertiary/aromatic N) is 1. The molecule has 1 heterocycles. The average molecular weight is 395 g/mol. The van der Waals surface area contributed by atoms with Crippen molar-refractivity contribution in [2.75, 3.05) is 17.7 Å². The molecule has 12 heteroatoms. The molecule has 1 aliphatic rings. The topological polar surface area (TPSA) is 143 Å². The van der Waals surface area contributed by atoms with Gasteiger partial charge in [-0.1, -0.05) is 0 Å². The fraction of sp³-hybridized carbons (Fsp3) is 0.125. The molecule has 0 saturated heterocycles. The van der Waals surface area contributed by atoms with E-state index in [1.165, 1.54) is 12.1 Å². The molecule has 0 unspecified atom stereocenters. The number of nitro groups is 1. The van der Waals surface area contributed by atoms with Crippen LogP contribution in [0.2, 0.25) is 0 Å².